The van der Waals surface area contributed by atoms with Gasteiger partial charge >= 0.3 is 0 Å². The summed E-state index contributed by atoms with van der Waals surface area (Å²) < 4.78 is 2.22. The number of aryl methyl sites for hydroxylation is 2. The Kier molecular flexibility index (Phi) is 1.93. The van der Waals surface area contributed by atoms with Crippen LogP contribution in [-0.2, 0) is 12.5 Å². The van der Waals surface area contributed by atoms with Crippen molar-refractivity contribution in [1.29, 1.82) is 0 Å². The van der Waals surface area contributed by atoms with E-state index in [1.807, 2.05) is 0 Å². The van der Waals surface area contributed by atoms with Crippen molar-refractivity contribution in [2.45, 2.75) is 25.2 Å². The molecule has 84 valence electrons. The van der Waals surface area contributed by atoms with Crippen molar-refractivity contribution in [1.82, 2.24) is 4.57 Å². The molecule has 0 spiro atoms. The summed E-state index contributed by atoms with van der Waals surface area (Å²) in [6, 6.07) is 6.68. The number of rotatable bonds is 2. The van der Waals surface area contributed by atoms with Gasteiger partial charge in [0.15, 0.2) is 0 Å². The van der Waals surface area contributed by atoms with Crippen molar-refractivity contribution < 1.29 is 0 Å². The lowest BCUT2D eigenvalue weighted by Gasteiger charge is -2.10. The molecule has 0 aliphatic heterocycles. The van der Waals surface area contributed by atoms with Gasteiger partial charge in [-0.25, -0.2) is 0 Å². The summed E-state index contributed by atoms with van der Waals surface area (Å²) in [6.07, 6.45) is 4.76. The van der Waals surface area contributed by atoms with Crippen molar-refractivity contribution in [3.63, 3.8) is 0 Å². The smallest absolute Gasteiger partial charge is 0.0480 e. The molecular weight excluding hydrogens is 196 g/mol. The van der Waals surface area contributed by atoms with Crippen molar-refractivity contribution in [2.24, 2.45) is 12.8 Å². The summed E-state index contributed by atoms with van der Waals surface area (Å²) >= 11 is 0. The van der Waals surface area contributed by atoms with E-state index in [0.29, 0.717) is 0 Å². The minimum absolute atomic E-state index is 0.285. The molecule has 16 heavy (non-hydrogen) atoms. The minimum atomic E-state index is 0.285. The Morgan fingerprint density at radius 1 is 1.38 bits per heavy atom. The predicted molar refractivity (Wildman–Crippen MR) is 67.6 cm³/mol. The average molecular weight is 214 g/mol. The molecule has 2 aromatic rings. The van der Waals surface area contributed by atoms with Gasteiger partial charge in [-0.15, -0.1) is 0 Å². The number of benzene rings is 1. The molecule has 1 saturated carbocycles. The molecule has 1 aliphatic carbocycles. The van der Waals surface area contributed by atoms with E-state index in [2.05, 4.69) is 42.9 Å². The number of aromatic nitrogens is 1. The maximum Gasteiger partial charge on any atom is 0.0480 e. The maximum absolute atomic E-state index is 5.93. The van der Waals surface area contributed by atoms with Crippen LogP contribution in [0.25, 0.3) is 10.9 Å². The molecule has 0 saturated heterocycles. The SMILES string of the molecule is Cc1ccc2c(c1)c(C1(CN)CC1)cn2C. The lowest BCUT2D eigenvalue weighted by atomic mass is 9.95. The van der Waals surface area contributed by atoms with Crippen molar-refractivity contribution in [2.75, 3.05) is 6.54 Å². The summed E-state index contributed by atoms with van der Waals surface area (Å²) in [5.41, 5.74) is 10.3. The van der Waals surface area contributed by atoms with Gasteiger partial charge in [0.25, 0.3) is 0 Å². The lowest BCUT2D eigenvalue weighted by molar-refractivity contribution is 0.706. The Bertz CT molecular complexity index is 547. The van der Waals surface area contributed by atoms with Crippen LogP contribution in [0, 0.1) is 6.92 Å². The summed E-state index contributed by atoms with van der Waals surface area (Å²) in [7, 11) is 2.12. The van der Waals surface area contributed by atoms with E-state index in [1.165, 1.54) is 34.9 Å². The maximum atomic E-state index is 5.93. The Labute approximate surface area is 96.1 Å². The zero-order valence-electron chi connectivity index (χ0n) is 9.96. The Hall–Kier alpha value is -1.28. The second kappa shape index (κ2) is 3.11. The van der Waals surface area contributed by atoms with Crippen LogP contribution in [0.4, 0.5) is 0 Å². The molecule has 0 bridgehead atoms. The summed E-state index contributed by atoms with van der Waals surface area (Å²) in [4.78, 5) is 0. The van der Waals surface area contributed by atoms with E-state index in [1.54, 1.807) is 0 Å². The predicted octanol–water partition coefficient (Wildman–Crippen LogP) is 2.48. The molecule has 2 N–H and O–H groups in total. The van der Waals surface area contributed by atoms with E-state index in [-0.39, 0.29) is 5.41 Å². The first kappa shape index (κ1) is 9.91. The van der Waals surface area contributed by atoms with Crippen LogP contribution in [0.2, 0.25) is 0 Å². The van der Waals surface area contributed by atoms with Gasteiger partial charge in [-0.1, -0.05) is 11.6 Å². The molecule has 1 aliphatic rings. The van der Waals surface area contributed by atoms with Gasteiger partial charge < -0.3 is 10.3 Å². The van der Waals surface area contributed by atoms with Gasteiger partial charge in [-0.05, 0) is 37.5 Å². The summed E-state index contributed by atoms with van der Waals surface area (Å²) in [5.74, 6) is 0. The van der Waals surface area contributed by atoms with Gasteiger partial charge in [0, 0.05) is 36.1 Å². The highest BCUT2D eigenvalue weighted by Crippen LogP contribution is 2.49. The number of hydrogen-bond donors (Lipinski definition) is 1. The van der Waals surface area contributed by atoms with E-state index in [0.717, 1.165) is 6.54 Å². The fraction of sp³-hybridized carbons (Fsp3) is 0.429. The Morgan fingerprint density at radius 3 is 2.75 bits per heavy atom. The largest absolute Gasteiger partial charge is 0.350 e. The number of nitrogens with zero attached hydrogens (tertiary/aromatic N) is 1. The zero-order valence-corrected chi connectivity index (χ0v) is 9.96. The first-order valence-corrected chi connectivity index (χ1v) is 5.92. The fourth-order valence-corrected chi connectivity index (χ4v) is 2.66. The number of nitrogens with two attached hydrogens (primary N) is 1. The van der Waals surface area contributed by atoms with Gasteiger partial charge in [0.2, 0.25) is 0 Å². The zero-order chi connectivity index (χ0) is 11.3. The highest BCUT2D eigenvalue weighted by atomic mass is 14.9. The normalized spacial score (nSPS) is 17.9. The molecule has 1 aromatic heterocycles. The highest BCUT2D eigenvalue weighted by Gasteiger charge is 2.44. The van der Waals surface area contributed by atoms with E-state index >= 15 is 0 Å². The molecule has 1 fully saturated rings. The standard InChI is InChI=1S/C14H18N2/c1-10-3-4-13-11(7-10)12(8-16(13)2)14(9-15)5-6-14/h3-4,7-8H,5-6,9,15H2,1-2H3. The highest BCUT2D eigenvalue weighted by molar-refractivity contribution is 5.86. The average Bonchev–Trinajstić information content (AvgIpc) is 3.00. The topological polar surface area (TPSA) is 30.9 Å². The molecular formula is C14H18N2. The molecule has 0 unspecified atom stereocenters. The molecule has 1 aromatic carbocycles. The van der Waals surface area contributed by atoms with E-state index < -0.39 is 0 Å². The molecule has 3 rings (SSSR count). The first-order valence-electron chi connectivity index (χ1n) is 5.92. The van der Waals surface area contributed by atoms with Crippen LogP contribution in [0.1, 0.15) is 24.0 Å². The number of fused-ring (bicyclic) bond motifs is 1. The van der Waals surface area contributed by atoms with Crippen LogP contribution in [-0.4, -0.2) is 11.1 Å². The van der Waals surface area contributed by atoms with E-state index in [9.17, 15) is 0 Å². The van der Waals surface area contributed by atoms with Gasteiger partial charge in [0.1, 0.15) is 0 Å². The van der Waals surface area contributed by atoms with Crippen LogP contribution in [0.5, 0.6) is 0 Å². The van der Waals surface area contributed by atoms with Crippen molar-refractivity contribution >= 4 is 10.9 Å². The van der Waals surface area contributed by atoms with Crippen LogP contribution >= 0.6 is 0 Å². The van der Waals surface area contributed by atoms with Crippen LogP contribution in [0.3, 0.4) is 0 Å². The Balaban J connectivity index is 2.29. The molecule has 1 heterocycles. The van der Waals surface area contributed by atoms with Crippen LogP contribution in [0.15, 0.2) is 24.4 Å². The van der Waals surface area contributed by atoms with Crippen molar-refractivity contribution in [3.8, 4) is 0 Å². The molecule has 2 nitrogen and oxygen atoms in total. The first-order chi connectivity index (χ1) is 7.66. The fourth-order valence-electron chi connectivity index (χ4n) is 2.66. The molecule has 0 atom stereocenters. The van der Waals surface area contributed by atoms with Gasteiger partial charge in [0.05, 0.1) is 0 Å². The third-order valence-corrected chi connectivity index (χ3v) is 3.96. The molecule has 2 heteroatoms. The quantitative estimate of drug-likeness (QED) is 0.818. The number of hydrogen-bond acceptors (Lipinski definition) is 1. The second-order valence-electron chi connectivity index (χ2n) is 5.16. The minimum Gasteiger partial charge on any atom is -0.350 e. The lowest BCUT2D eigenvalue weighted by Crippen LogP contribution is -2.19. The third kappa shape index (κ3) is 1.23. The van der Waals surface area contributed by atoms with E-state index in [4.69, 9.17) is 5.73 Å². The third-order valence-electron chi connectivity index (χ3n) is 3.96. The van der Waals surface area contributed by atoms with Crippen LogP contribution < -0.4 is 5.73 Å². The Morgan fingerprint density at radius 2 is 2.12 bits per heavy atom. The van der Waals surface area contributed by atoms with Gasteiger partial charge in [-0.2, -0.15) is 0 Å². The molecule has 0 amide bonds. The van der Waals surface area contributed by atoms with Gasteiger partial charge in [-0.3, -0.25) is 0 Å². The molecule has 0 radical (unpaired) electrons. The summed E-state index contributed by atoms with van der Waals surface area (Å²) in [6.45, 7) is 2.93. The second-order valence-corrected chi connectivity index (χ2v) is 5.16. The van der Waals surface area contributed by atoms with Crippen molar-refractivity contribution in [3.05, 3.63) is 35.5 Å². The summed E-state index contributed by atoms with van der Waals surface area (Å²) in [5, 5.41) is 1.39. The monoisotopic (exact) mass is 214 g/mol.